The second-order valence-electron chi connectivity index (χ2n) is 8.40. The number of ether oxygens (including phenoxy) is 1. The van der Waals surface area contributed by atoms with Gasteiger partial charge in [0.05, 0.1) is 7.11 Å². The van der Waals surface area contributed by atoms with Crippen LogP contribution in [-0.2, 0) is 19.1 Å². The molecule has 7 nitrogen and oxygen atoms in total. The van der Waals surface area contributed by atoms with Crippen molar-refractivity contribution in [2.24, 2.45) is 5.92 Å². The van der Waals surface area contributed by atoms with Gasteiger partial charge in [-0.15, -0.1) is 0 Å². The number of piperidine rings is 1. The van der Waals surface area contributed by atoms with Gasteiger partial charge in [-0.1, -0.05) is 41.9 Å². The highest BCUT2D eigenvalue weighted by molar-refractivity contribution is 6.33. The van der Waals surface area contributed by atoms with Gasteiger partial charge in [0.1, 0.15) is 17.8 Å². The number of carbonyl (C=O) groups is 3. The fourth-order valence-corrected chi connectivity index (χ4v) is 4.74. The van der Waals surface area contributed by atoms with Crippen LogP contribution in [0.25, 0.3) is 22.1 Å². The number of hydrogen-bond donors (Lipinski definition) is 0. The Bertz CT molecular complexity index is 1300. The van der Waals surface area contributed by atoms with Gasteiger partial charge in [0.15, 0.2) is 0 Å². The molecule has 1 amide bonds. The molecule has 2 heterocycles. The van der Waals surface area contributed by atoms with Crippen molar-refractivity contribution < 1.29 is 23.5 Å². The van der Waals surface area contributed by atoms with E-state index in [1.54, 1.807) is 35.2 Å². The van der Waals surface area contributed by atoms with Crippen LogP contribution in [-0.4, -0.2) is 43.3 Å². The molecular formula is C26H24ClNO6. The third kappa shape index (κ3) is 4.89. The molecule has 2 atom stereocenters. The van der Waals surface area contributed by atoms with E-state index in [0.717, 1.165) is 12.8 Å². The number of esters is 1. The largest absolute Gasteiger partial charge is 0.469 e. The second-order valence-corrected chi connectivity index (χ2v) is 8.81. The van der Waals surface area contributed by atoms with Gasteiger partial charge in [-0.25, -0.2) is 4.79 Å². The van der Waals surface area contributed by atoms with E-state index in [1.807, 2.05) is 12.1 Å². The van der Waals surface area contributed by atoms with Gasteiger partial charge in [0, 0.05) is 47.1 Å². The van der Waals surface area contributed by atoms with E-state index in [4.69, 9.17) is 20.8 Å². The minimum absolute atomic E-state index is 0.00902. The molecule has 0 bridgehead atoms. The Labute approximate surface area is 201 Å². The van der Waals surface area contributed by atoms with Crippen LogP contribution in [0.2, 0.25) is 5.02 Å². The van der Waals surface area contributed by atoms with Gasteiger partial charge < -0.3 is 18.8 Å². The van der Waals surface area contributed by atoms with Crippen LogP contribution in [0.4, 0.5) is 0 Å². The Morgan fingerprint density at radius 2 is 2.00 bits per heavy atom. The van der Waals surface area contributed by atoms with Gasteiger partial charge in [-0.05, 0) is 36.5 Å². The SMILES string of the molecule is COC(=O)C[C@@H]1CCCN(C(=O)C(C=O)c2ccc3c(-c4ccccc4Cl)cc(=O)oc3c2)C1. The molecule has 1 fully saturated rings. The summed E-state index contributed by atoms with van der Waals surface area (Å²) in [5.74, 6) is -1.71. The zero-order chi connectivity index (χ0) is 24.2. The predicted molar refractivity (Wildman–Crippen MR) is 128 cm³/mol. The number of carbonyl (C=O) groups excluding carboxylic acids is 3. The summed E-state index contributed by atoms with van der Waals surface area (Å²) in [5.41, 5.74) is 1.43. The maximum absolute atomic E-state index is 13.2. The average Bonchev–Trinajstić information content (AvgIpc) is 2.84. The maximum Gasteiger partial charge on any atom is 0.336 e. The van der Waals surface area contributed by atoms with Crippen LogP contribution >= 0.6 is 11.6 Å². The van der Waals surface area contributed by atoms with Crippen molar-refractivity contribution >= 4 is 40.7 Å². The fourth-order valence-electron chi connectivity index (χ4n) is 4.50. The number of aldehydes is 1. The van der Waals surface area contributed by atoms with Crippen molar-refractivity contribution in [3.8, 4) is 11.1 Å². The molecule has 176 valence electrons. The number of hydrogen-bond acceptors (Lipinski definition) is 6. The van der Waals surface area contributed by atoms with Crippen molar-refractivity contribution in [3.05, 3.63) is 69.5 Å². The van der Waals surface area contributed by atoms with Crippen LogP contribution in [0.15, 0.2) is 57.7 Å². The Morgan fingerprint density at radius 1 is 1.21 bits per heavy atom. The van der Waals surface area contributed by atoms with Crippen LogP contribution in [0.1, 0.15) is 30.7 Å². The molecule has 0 aliphatic carbocycles. The van der Waals surface area contributed by atoms with Crippen LogP contribution < -0.4 is 5.63 Å². The monoisotopic (exact) mass is 481 g/mol. The summed E-state index contributed by atoms with van der Waals surface area (Å²) in [6.07, 6.45) is 2.39. The first-order chi connectivity index (χ1) is 16.4. The summed E-state index contributed by atoms with van der Waals surface area (Å²) < 4.78 is 10.1. The maximum atomic E-state index is 13.2. The molecule has 1 saturated heterocycles. The fraction of sp³-hybridized carbons (Fsp3) is 0.308. The van der Waals surface area contributed by atoms with Gasteiger partial charge in [0.2, 0.25) is 5.91 Å². The van der Waals surface area contributed by atoms with Crippen molar-refractivity contribution in [1.29, 1.82) is 0 Å². The lowest BCUT2D eigenvalue weighted by atomic mass is 9.91. The number of rotatable bonds is 6. The highest BCUT2D eigenvalue weighted by Gasteiger charge is 2.31. The lowest BCUT2D eigenvalue weighted by molar-refractivity contribution is -0.144. The van der Waals surface area contributed by atoms with Gasteiger partial charge in [-0.2, -0.15) is 0 Å². The molecule has 1 aliphatic heterocycles. The van der Waals surface area contributed by atoms with Gasteiger partial charge in [-0.3, -0.25) is 9.59 Å². The quantitative estimate of drug-likeness (QED) is 0.227. The molecule has 1 aromatic heterocycles. The number of fused-ring (bicyclic) bond motifs is 1. The van der Waals surface area contributed by atoms with E-state index < -0.39 is 11.5 Å². The zero-order valence-corrected chi connectivity index (χ0v) is 19.4. The second kappa shape index (κ2) is 10.2. The lowest BCUT2D eigenvalue weighted by Crippen LogP contribution is -2.43. The molecule has 0 radical (unpaired) electrons. The van der Waals surface area contributed by atoms with Crippen molar-refractivity contribution in [3.63, 3.8) is 0 Å². The van der Waals surface area contributed by atoms with Crippen molar-refractivity contribution in [1.82, 2.24) is 4.90 Å². The molecule has 3 aromatic rings. The van der Waals surface area contributed by atoms with E-state index >= 15 is 0 Å². The minimum atomic E-state index is -1.05. The molecule has 4 rings (SSSR count). The molecule has 0 spiro atoms. The number of likely N-dealkylation sites (tertiary alicyclic amines) is 1. The molecule has 0 N–H and O–H groups in total. The smallest absolute Gasteiger partial charge is 0.336 e. The minimum Gasteiger partial charge on any atom is -0.469 e. The number of nitrogens with zero attached hydrogens (tertiary/aromatic N) is 1. The van der Waals surface area contributed by atoms with Crippen LogP contribution in [0.5, 0.6) is 0 Å². The third-order valence-electron chi connectivity index (χ3n) is 6.21. The molecule has 8 heteroatoms. The molecule has 2 aromatic carbocycles. The summed E-state index contributed by atoms with van der Waals surface area (Å²) in [5, 5.41) is 1.13. The molecular weight excluding hydrogens is 458 g/mol. The highest BCUT2D eigenvalue weighted by atomic mass is 35.5. The van der Waals surface area contributed by atoms with E-state index in [2.05, 4.69) is 0 Å². The Hall–Kier alpha value is -3.45. The molecule has 1 unspecified atom stereocenters. The summed E-state index contributed by atoms with van der Waals surface area (Å²) in [6.45, 7) is 0.901. The van der Waals surface area contributed by atoms with E-state index in [0.29, 0.717) is 46.5 Å². The molecule has 34 heavy (non-hydrogen) atoms. The number of methoxy groups -OCH3 is 1. The third-order valence-corrected chi connectivity index (χ3v) is 6.54. The van der Waals surface area contributed by atoms with E-state index in [9.17, 15) is 19.2 Å². The van der Waals surface area contributed by atoms with Crippen molar-refractivity contribution in [2.45, 2.75) is 25.2 Å². The summed E-state index contributed by atoms with van der Waals surface area (Å²) in [7, 11) is 1.34. The first kappa shape index (κ1) is 23.7. The van der Waals surface area contributed by atoms with Crippen molar-refractivity contribution in [2.75, 3.05) is 20.2 Å². The van der Waals surface area contributed by atoms with Crippen LogP contribution in [0.3, 0.4) is 0 Å². The van der Waals surface area contributed by atoms with E-state index in [-0.39, 0.29) is 29.8 Å². The summed E-state index contributed by atoms with van der Waals surface area (Å²) >= 11 is 6.34. The molecule has 0 saturated carbocycles. The first-order valence-electron chi connectivity index (χ1n) is 11.0. The number of benzene rings is 2. The topological polar surface area (TPSA) is 93.9 Å². The normalized spacial score (nSPS) is 16.8. The highest BCUT2D eigenvalue weighted by Crippen LogP contribution is 2.34. The zero-order valence-electron chi connectivity index (χ0n) is 18.7. The molecule has 1 aliphatic rings. The van der Waals surface area contributed by atoms with Gasteiger partial charge >= 0.3 is 11.6 Å². The van der Waals surface area contributed by atoms with Gasteiger partial charge in [0.25, 0.3) is 0 Å². The Morgan fingerprint density at radius 3 is 2.74 bits per heavy atom. The van der Waals surface area contributed by atoms with Crippen LogP contribution in [0, 0.1) is 5.92 Å². The lowest BCUT2D eigenvalue weighted by Gasteiger charge is -2.33. The van der Waals surface area contributed by atoms with E-state index in [1.165, 1.54) is 13.2 Å². The standard InChI is InChI=1S/C26H24ClNO6/c1-33-24(30)11-16-5-4-10-28(14-16)26(32)21(15-29)17-8-9-19-20(13-25(31)34-23(19)12-17)18-6-2-3-7-22(18)27/h2-3,6-9,12-13,15-16,21H,4-5,10-11,14H2,1H3/t16-,21?/m0/s1. The first-order valence-corrected chi connectivity index (χ1v) is 11.4. The Balaban J connectivity index is 1.65. The number of amides is 1. The average molecular weight is 482 g/mol. The number of halogens is 1. The summed E-state index contributed by atoms with van der Waals surface area (Å²) in [4.78, 5) is 50.8. The summed E-state index contributed by atoms with van der Waals surface area (Å²) in [6, 6.07) is 13.5. The predicted octanol–water partition coefficient (Wildman–Crippen LogP) is 4.20. The Kier molecular flexibility index (Phi) is 7.12.